The molecule has 0 spiro atoms. The van der Waals surface area contributed by atoms with Crippen LogP contribution < -0.4 is 14.2 Å². The Hall–Kier alpha value is -3.30. The van der Waals surface area contributed by atoms with E-state index in [2.05, 4.69) is 0 Å². The molecule has 0 radical (unpaired) electrons. The molecule has 0 bridgehead atoms. The van der Waals surface area contributed by atoms with Gasteiger partial charge in [-0.2, -0.15) is 5.26 Å². The molecule has 0 unspecified atom stereocenters. The number of hydrogen-bond acceptors (Lipinski definition) is 6. The number of ketones is 1. The Labute approximate surface area is 161 Å². The van der Waals surface area contributed by atoms with Crippen molar-refractivity contribution < 1.29 is 19.0 Å². The van der Waals surface area contributed by atoms with Crippen molar-refractivity contribution in [1.29, 1.82) is 5.26 Å². The number of rotatable bonds is 6. The van der Waals surface area contributed by atoms with Crippen molar-refractivity contribution in [2.45, 2.75) is 0 Å². The summed E-state index contributed by atoms with van der Waals surface area (Å²) >= 11 is 1.48. The van der Waals surface area contributed by atoms with E-state index in [4.69, 9.17) is 14.2 Å². The number of thiophene rings is 1. The Morgan fingerprint density at radius 2 is 1.74 bits per heavy atom. The van der Waals surface area contributed by atoms with E-state index in [-0.39, 0.29) is 11.4 Å². The third-order valence-electron chi connectivity index (χ3n) is 4.09. The van der Waals surface area contributed by atoms with Crippen molar-refractivity contribution in [3.8, 4) is 23.3 Å². The Morgan fingerprint density at radius 3 is 2.33 bits per heavy atom. The molecule has 0 aliphatic heterocycles. The zero-order valence-corrected chi connectivity index (χ0v) is 15.9. The van der Waals surface area contributed by atoms with Gasteiger partial charge in [0.1, 0.15) is 11.6 Å². The Kier molecular flexibility index (Phi) is 5.43. The summed E-state index contributed by atoms with van der Waals surface area (Å²) in [6, 6.07) is 13.0. The summed E-state index contributed by atoms with van der Waals surface area (Å²) in [5.41, 5.74) is 1.16. The van der Waals surface area contributed by atoms with Crippen molar-refractivity contribution in [2.24, 2.45) is 0 Å². The minimum Gasteiger partial charge on any atom is -0.493 e. The maximum atomic E-state index is 12.9. The summed E-state index contributed by atoms with van der Waals surface area (Å²) in [5, 5.41) is 12.2. The lowest BCUT2D eigenvalue weighted by Gasteiger charge is -2.13. The fourth-order valence-electron chi connectivity index (χ4n) is 2.80. The molecule has 3 aromatic rings. The molecular weight excluding hydrogens is 362 g/mol. The summed E-state index contributed by atoms with van der Waals surface area (Å²) in [6.45, 7) is 0. The predicted molar refractivity (Wildman–Crippen MR) is 106 cm³/mol. The molecule has 0 aliphatic rings. The third kappa shape index (κ3) is 3.50. The van der Waals surface area contributed by atoms with Gasteiger partial charge in [-0.3, -0.25) is 4.79 Å². The average molecular weight is 379 g/mol. The Bertz CT molecular complexity index is 1050. The first-order valence-electron chi connectivity index (χ1n) is 8.05. The number of hydrogen-bond donors (Lipinski definition) is 0. The minimum atomic E-state index is -0.316. The standard InChI is InChI=1S/C21H17NO4S/c1-24-17-9-13(10-18(25-2)21(17)26-3)8-14(11-22)20(23)16-12-27-19-7-5-4-6-15(16)19/h4-10,12H,1-3H3. The highest BCUT2D eigenvalue weighted by molar-refractivity contribution is 7.17. The van der Waals surface area contributed by atoms with E-state index in [9.17, 15) is 10.1 Å². The number of allylic oxidation sites excluding steroid dienone is 1. The van der Waals surface area contributed by atoms with Gasteiger partial charge in [-0.25, -0.2) is 0 Å². The third-order valence-corrected chi connectivity index (χ3v) is 5.05. The van der Waals surface area contributed by atoms with E-state index in [1.807, 2.05) is 30.3 Å². The van der Waals surface area contributed by atoms with Crippen LogP contribution in [0.3, 0.4) is 0 Å². The van der Waals surface area contributed by atoms with Gasteiger partial charge < -0.3 is 14.2 Å². The Morgan fingerprint density at radius 1 is 1.07 bits per heavy atom. The normalized spacial score (nSPS) is 11.1. The molecule has 0 N–H and O–H groups in total. The second-order valence-corrected chi connectivity index (χ2v) is 6.51. The van der Waals surface area contributed by atoms with E-state index >= 15 is 0 Å². The molecule has 0 atom stereocenters. The van der Waals surface area contributed by atoms with Crippen LogP contribution >= 0.6 is 11.3 Å². The minimum absolute atomic E-state index is 0.0350. The van der Waals surface area contributed by atoms with Gasteiger partial charge in [-0.1, -0.05) is 18.2 Å². The molecule has 0 saturated heterocycles. The van der Waals surface area contributed by atoms with Crippen LogP contribution in [0.4, 0.5) is 0 Å². The molecule has 3 rings (SSSR count). The van der Waals surface area contributed by atoms with E-state index in [1.165, 1.54) is 38.7 Å². The highest BCUT2D eigenvalue weighted by Crippen LogP contribution is 2.39. The van der Waals surface area contributed by atoms with E-state index in [0.29, 0.717) is 28.4 Å². The summed E-state index contributed by atoms with van der Waals surface area (Å²) < 4.78 is 17.0. The van der Waals surface area contributed by atoms with Crippen LogP contribution in [0.1, 0.15) is 15.9 Å². The molecule has 2 aromatic carbocycles. The monoisotopic (exact) mass is 379 g/mol. The lowest BCUT2D eigenvalue weighted by molar-refractivity contribution is 0.104. The van der Waals surface area contributed by atoms with Crippen LogP contribution in [-0.4, -0.2) is 27.1 Å². The van der Waals surface area contributed by atoms with Gasteiger partial charge in [0.15, 0.2) is 11.5 Å². The summed E-state index contributed by atoms with van der Waals surface area (Å²) in [7, 11) is 4.54. The zero-order valence-electron chi connectivity index (χ0n) is 15.1. The first-order valence-corrected chi connectivity index (χ1v) is 8.93. The summed E-state index contributed by atoms with van der Waals surface area (Å²) in [6.07, 6.45) is 1.53. The largest absolute Gasteiger partial charge is 0.493 e. The number of methoxy groups -OCH3 is 3. The molecule has 0 amide bonds. The van der Waals surface area contributed by atoms with Gasteiger partial charge in [-0.05, 0) is 29.8 Å². The molecule has 27 heavy (non-hydrogen) atoms. The molecular formula is C21H17NO4S. The Balaban J connectivity index is 2.06. The predicted octanol–water partition coefficient (Wildman–Crippen LogP) is 4.72. The molecule has 1 heterocycles. The molecule has 5 nitrogen and oxygen atoms in total. The molecule has 0 fully saturated rings. The number of benzene rings is 2. The first kappa shape index (κ1) is 18.5. The number of fused-ring (bicyclic) bond motifs is 1. The van der Waals surface area contributed by atoms with Crippen molar-refractivity contribution in [3.63, 3.8) is 0 Å². The fraction of sp³-hybridized carbons (Fsp3) is 0.143. The van der Waals surface area contributed by atoms with Gasteiger partial charge in [0.2, 0.25) is 11.5 Å². The van der Waals surface area contributed by atoms with Gasteiger partial charge in [0.05, 0.1) is 21.3 Å². The van der Waals surface area contributed by atoms with E-state index < -0.39 is 0 Å². The van der Waals surface area contributed by atoms with Crippen molar-refractivity contribution in [3.05, 3.63) is 58.5 Å². The second kappa shape index (κ2) is 7.94. The zero-order chi connectivity index (χ0) is 19.4. The SMILES string of the molecule is COc1cc(C=C(C#N)C(=O)c2csc3ccccc23)cc(OC)c1OC. The second-order valence-electron chi connectivity index (χ2n) is 5.60. The fourth-order valence-corrected chi connectivity index (χ4v) is 3.74. The quantitative estimate of drug-likeness (QED) is 0.352. The van der Waals surface area contributed by atoms with E-state index in [1.54, 1.807) is 17.5 Å². The number of nitrogens with zero attached hydrogens (tertiary/aromatic N) is 1. The number of carbonyl (C=O) groups excluding carboxylic acids is 1. The van der Waals surface area contributed by atoms with Crippen LogP contribution in [-0.2, 0) is 0 Å². The molecule has 6 heteroatoms. The van der Waals surface area contributed by atoms with Gasteiger partial charge in [-0.15, -0.1) is 11.3 Å². The summed E-state index contributed by atoms with van der Waals surface area (Å²) in [4.78, 5) is 12.9. The average Bonchev–Trinajstić information content (AvgIpc) is 3.14. The van der Waals surface area contributed by atoms with Gasteiger partial charge in [0, 0.05) is 21.0 Å². The smallest absolute Gasteiger partial charge is 0.205 e. The van der Waals surface area contributed by atoms with E-state index in [0.717, 1.165) is 10.1 Å². The van der Waals surface area contributed by atoms with Crippen LogP contribution in [0.5, 0.6) is 17.2 Å². The van der Waals surface area contributed by atoms with Gasteiger partial charge >= 0.3 is 0 Å². The van der Waals surface area contributed by atoms with Crippen LogP contribution in [0.25, 0.3) is 16.2 Å². The number of nitriles is 1. The molecule has 0 saturated carbocycles. The van der Waals surface area contributed by atoms with Crippen molar-refractivity contribution in [1.82, 2.24) is 0 Å². The lowest BCUT2D eigenvalue weighted by atomic mass is 10.0. The molecule has 136 valence electrons. The first-order chi connectivity index (χ1) is 13.1. The van der Waals surface area contributed by atoms with Crippen molar-refractivity contribution in [2.75, 3.05) is 21.3 Å². The molecule has 1 aromatic heterocycles. The number of ether oxygens (including phenoxy) is 3. The number of carbonyl (C=O) groups is 1. The highest BCUT2D eigenvalue weighted by atomic mass is 32.1. The maximum absolute atomic E-state index is 12.9. The topological polar surface area (TPSA) is 68.5 Å². The lowest BCUT2D eigenvalue weighted by Crippen LogP contribution is -2.01. The van der Waals surface area contributed by atoms with Crippen LogP contribution in [0, 0.1) is 11.3 Å². The van der Waals surface area contributed by atoms with Gasteiger partial charge in [0.25, 0.3) is 0 Å². The van der Waals surface area contributed by atoms with Crippen LogP contribution in [0.2, 0.25) is 0 Å². The number of Topliss-reactive ketones (excluding diaryl/α,β-unsaturated/α-hetero) is 1. The van der Waals surface area contributed by atoms with Crippen molar-refractivity contribution >= 4 is 33.3 Å². The van der Waals surface area contributed by atoms with Crippen LogP contribution in [0.15, 0.2) is 47.4 Å². The highest BCUT2D eigenvalue weighted by Gasteiger charge is 2.18. The molecule has 0 aliphatic carbocycles. The maximum Gasteiger partial charge on any atom is 0.205 e. The summed E-state index contributed by atoms with van der Waals surface area (Å²) in [5.74, 6) is 1.04.